The van der Waals surface area contributed by atoms with E-state index in [1.54, 1.807) is 30.3 Å². The van der Waals surface area contributed by atoms with Gasteiger partial charge < -0.3 is 10.6 Å². The Balaban J connectivity index is 1.45. The maximum absolute atomic E-state index is 13.1. The first-order valence-electron chi connectivity index (χ1n) is 11.1. The number of nitrogens with one attached hydrogen (secondary N) is 2. The van der Waals surface area contributed by atoms with Crippen molar-refractivity contribution in [3.63, 3.8) is 0 Å². The van der Waals surface area contributed by atoms with E-state index in [2.05, 4.69) is 10.6 Å². The van der Waals surface area contributed by atoms with E-state index in [9.17, 15) is 14.4 Å². The number of aryl methyl sites for hydroxylation is 2. The number of nitrogens with zero attached hydrogens (tertiary/aromatic N) is 1. The fourth-order valence-electron chi connectivity index (χ4n) is 4.11. The third-order valence-electron chi connectivity index (χ3n) is 5.78. The molecule has 1 aliphatic rings. The van der Waals surface area contributed by atoms with Crippen molar-refractivity contribution >= 4 is 29.1 Å². The lowest BCUT2D eigenvalue weighted by molar-refractivity contribution is -0.121. The van der Waals surface area contributed by atoms with Crippen molar-refractivity contribution < 1.29 is 14.4 Å². The molecule has 1 heterocycles. The minimum absolute atomic E-state index is 0.0378. The number of rotatable bonds is 7. The average molecular weight is 442 g/mol. The number of benzene rings is 3. The van der Waals surface area contributed by atoms with Crippen LogP contribution >= 0.6 is 0 Å². The van der Waals surface area contributed by atoms with Gasteiger partial charge in [0.25, 0.3) is 11.8 Å². The van der Waals surface area contributed by atoms with Crippen molar-refractivity contribution in [3.05, 3.63) is 95.1 Å². The number of anilines is 2. The van der Waals surface area contributed by atoms with Crippen LogP contribution in [0.4, 0.5) is 11.4 Å². The molecule has 3 aromatic carbocycles. The highest BCUT2D eigenvalue weighted by atomic mass is 16.2. The summed E-state index contributed by atoms with van der Waals surface area (Å²) >= 11 is 0. The summed E-state index contributed by atoms with van der Waals surface area (Å²) in [5.41, 5.74) is 4.66. The molecule has 6 heteroatoms. The molecule has 2 N–H and O–H groups in total. The van der Waals surface area contributed by atoms with Gasteiger partial charge in [0.2, 0.25) is 5.91 Å². The minimum Gasteiger partial charge on any atom is -0.373 e. The zero-order chi connectivity index (χ0) is 23.4. The Morgan fingerprint density at radius 1 is 0.970 bits per heavy atom. The molecule has 1 atom stereocenters. The lowest BCUT2D eigenvalue weighted by atomic mass is 10.1. The highest BCUT2D eigenvalue weighted by molar-refractivity contribution is 6.23. The molecule has 3 aromatic rings. The molecule has 0 aliphatic carbocycles. The highest BCUT2D eigenvalue weighted by Gasteiger charge is 2.40. The lowest BCUT2D eigenvalue weighted by Crippen LogP contribution is -2.35. The number of para-hydroxylation sites is 1. The van der Waals surface area contributed by atoms with Gasteiger partial charge in [-0.05, 0) is 49.6 Å². The van der Waals surface area contributed by atoms with Gasteiger partial charge in [-0.25, -0.2) is 4.90 Å². The van der Waals surface area contributed by atoms with E-state index < -0.39 is 6.04 Å². The second kappa shape index (κ2) is 9.69. The molecule has 1 saturated heterocycles. The standard InChI is InChI=1S/C27H27N3O3/c1-18-12-13-24(19(2)16-18)30-25(31)17-23(27(30)33)29-22-11-7-6-10-21(22)26(32)28-15-14-20-8-4-3-5-9-20/h3-13,16,23,29H,14-15,17H2,1-2H3,(H,28,32)/t23-/m1/s1. The van der Waals surface area contributed by atoms with Gasteiger partial charge in [-0.1, -0.05) is 60.2 Å². The molecule has 0 unspecified atom stereocenters. The molecule has 0 saturated carbocycles. The quantitative estimate of drug-likeness (QED) is 0.543. The molecule has 1 aliphatic heterocycles. The maximum Gasteiger partial charge on any atom is 0.256 e. The normalized spacial score (nSPS) is 15.6. The number of hydrogen-bond acceptors (Lipinski definition) is 4. The van der Waals surface area contributed by atoms with Crippen molar-refractivity contribution in [1.82, 2.24) is 5.32 Å². The van der Waals surface area contributed by atoms with E-state index in [4.69, 9.17) is 0 Å². The van der Waals surface area contributed by atoms with Crippen LogP contribution in [0, 0.1) is 13.8 Å². The molecular weight excluding hydrogens is 414 g/mol. The third-order valence-corrected chi connectivity index (χ3v) is 5.78. The zero-order valence-electron chi connectivity index (χ0n) is 18.8. The monoisotopic (exact) mass is 441 g/mol. The second-order valence-corrected chi connectivity index (χ2v) is 8.30. The fraction of sp³-hybridized carbons (Fsp3) is 0.222. The van der Waals surface area contributed by atoms with Gasteiger partial charge in [-0.2, -0.15) is 0 Å². The van der Waals surface area contributed by atoms with E-state index in [0.717, 1.165) is 23.1 Å². The van der Waals surface area contributed by atoms with Gasteiger partial charge >= 0.3 is 0 Å². The molecule has 6 nitrogen and oxygen atoms in total. The maximum atomic E-state index is 13.1. The number of imide groups is 1. The SMILES string of the molecule is Cc1ccc(N2C(=O)C[C@@H](Nc3ccccc3C(=O)NCCc3ccccc3)C2=O)c(C)c1. The molecule has 3 amide bonds. The van der Waals surface area contributed by atoms with Gasteiger partial charge in [-0.3, -0.25) is 14.4 Å². The van der Waals surface area contributed by atoms with E-state index in [0.29, 0.717) is 23.5 Å². The number of amides is 3. The van der Waals surface area contributed by atoms with E-state index in [1.807, 2.05) is 56.3 Å². The predicted molar refractivity (Wildman–Crippen MR) is 129 cm³/mol. The first kappa shape index (κ1) is 22.3. The van der Waals surface area contributed by atoms with Crippen LogP contribution in [0.2, 0.25) is 0 Å². The molecular formula is C27H27N3O3. The number of carbonyl (C=O) groups excluding carboxylic acids is 3. The smallest absolute Gasteiger partial charge is 0.256 e. The topological polar surface area (TPSA) is 78.5 Å². The highest BCUT2D eigenvalue weighted by Crippen LogP contribution is 2.29. The Morgan fingerprint density at radius 3 is 2.45 bits per heavy atom. The van der Waals surface area contributed by atoms with Crippen molar-refractivity contribution in [2.75, 3.05) is 16.8 Å². The Bertz CT molecular complexity index is 1190. The van der Waals surface area contributed by atoms with Crippen LogP contribution in [-0.2, 0) is 16.0 Å². The largest absolute Gasteiger partial charge is 0.373 e. The van der Waals surface area contributed by atoms with E-state index in [1.165, 1.54) is 4.90 Å². The summed E-state index contributed by atoms with van der Waals surface area (Å²) in [5, 5.41) is 6.08. The molecule has 168 valence electrons. The summed E-state index contributed by atoms with van der Waals surface area (Å²) in [6.07, 6.45) is 0.763. The lowest BCUT2D eigenvalue weighted by Gasteiger charge is -2.19. The van der Waals surface area contributed by atoms with Gasteiger partial charge in [0, 0.05) is 12.2 Å². The third kappa shape index (κ3) is 4.95. The molecule has 0 spiro atoms. The van der Waals surface area contributed by atoms with Gasteiger partial charge in [0.05, 0.1) is 17.7 Å². The molecule has 0 bridgehead atoms. The van der Waals surface area contributed by atoms with E-state index >= 15 is 0 Å². The first-order valence-corrected chi connectivity index (χ1v) is 11.1. The number of carbonyl (C=O) groups is 3. The van der Waals surface area contributed by atoms with Gasteiger partial charge in [-0.15, -0.1) is 0 Å². The van der Waals surface area contributed by atoms with Gasteiger partial charge in [0.1, 0.15) is 6.04 Å². The summed E-state index contributed by atoms with van der Waals surface area (Å²) in [5.74, 6) is -0.794. The Kier molecular flexibility index (Phi) is 6.54. The summed E-state index contributed by atoms with van der Waals surface area (Å²) in [6.45, 7) is 4.35. The Labute approximate surface area is 193 Å². The van der Waals surface area contributed by atoms with Crippen molar-refractivity contribution in [1.29, 1.82) is 0 Å². The summed E-state index contributed by atoms with van der Waals surface area (Å²) < 4.78 is 0. The fourth-order valence-corrected chi connectivity index (χ4v) is 4.11. The first-order chi connectivity index (χ1) is 15.9. The van der Waals surface area contributed by atoms with Crippen LogP contribution in [0.15, 0.2) is 72.8 Å². The van der Waals surface area contributed by atoms with Crippen LogP contribution < -0.4 is 15.5 Å². The van der Waals surface area contributed by atoms with Crippen LogP contribution in [0.3, 0.4) is 0 Å². The summed E-state index contributed by atoms with van der Waals surface area (Å²) in [7, 11) is 0. The van der Waals surface area contributed by atoms with Crippen molar-refractivity contribution in [3.8, 4) is 0 Å². The Morgan fingerprint density at radius 2 is 1.70 bits per heavy atom. The second-order valence-electron chi connectivity index (χ2n) is 8.30. The van der Waals surface area contributed by atoms with Gasteiger partial charge in [0.15, 0.2) is 0 Å². The average Bonchev–Trinajstić information content (AvgIpc) is 3.08. The van der Waals surface area contributed by atoms with Crippen LogP contribution in [0.25, 0.3) is 0 Å². The van der Waals surface area contributed by atoms with Crippen LogP contribution in [0.5, 0.6) is 0 Å². The summed E-state index contributed by atoms with van der Waals surface area (Å²) in [6, 6.07) is 21.9. The molecule has 1 fully saturated rings. The molecule has 0 radical (unpaired) electrons. The number of hydrogen-bond donors (Lipinski definition) is 2. The van der Waals surface area contributed by atoms with Crippen molar-refractivity contribution in [2.24, 2.45) is 0 Å². The molecule has 4 rings (SSSR count). The minimum atomic E-state index is -0.725. The van der Waals surface area contributed by atoms with Crippen LogP contribution in [-0.4, -0.2) is 30.3 Å². The van der Waals surface area contributed by atoms with Crippen molar-refractivity contribution in [2.45, 2.75) is 32.7 Å². The molecule has 0 aromatic heterocycles. The Hall–Kier alpha value is -3.93. The zero-order valence-corrected chi connectivity index (χ0v) is 18.8. The van der Waals surface area contributed by atoms with E-state index in [-0.39, 0.29) is 24.1 Å². The van der Waals surface area contributed by atoms with Crippen LogP contribution in [0.1, 0.15) is 33.5 Å². The predicted octanol–water partition coefficient (Wildman–Crippen LogP) is 4.02. The summed E-state index contributed by atoms with van der Waals surface area (Å²) in [4.78, 5) is 39.9. The molecule has 33 heavy (non-hydrogen) atoms.